The molecule has 2 nitrogen and oxygen atoms in total. The average Bonchev–Trinajstić information content (AvgIpc) is 2.30. The fraction of sp³-hybridized carbons (Fsp3) is 0.462. The second-order valence-electron chi connectivity index (χ2n) is 4.30. The Kier molecular flexibility index (Phi) is 2.76. The van der Waals surface area contributed by atoms with Gasteiger partial charge in [0.05, 0.1) is 5.92 Å². The Bertz CT molecular complexity index is 347. The Labute approximate surface area is 90.9 Å². The molecule has 2 atom stereocenters. The number of amides is 1. The number of hydrogen-bond acceptors (Lipinski definition) is 1. The van der Waals surface area contributed by atoms with E-state index in [1.807, 2.05) is 30.0 Å². The molecule has 0 spiro atoms. The fourth-order valence-corrected chi connectivity index (χ4v) is 2.06. The molecule has 1 heterocycles. The van der Waals surface area contributed by atoms with Crippen LogP contribution in [0, 0.1) is 5.92 Å². The molecule has 80 valence electrons. The number of nitrogens with zero attached hydrogens (tertiary/aromatic N) is 1. The topological polar surface area (TPSA) is 20.3 Å². The minimum Gasteiger partial charge on any atom is -0.339 e. The number of carbonyl (C=O) groups excluding carboxylic acids is 1. The Morgan fingerprint density at radius 2 is 1.87 bits per heavy atom. The molecule has 1 fully saturated rings. The highest BCUT2D eigenvalue weighted by molar-refractivity contribution is 5.85. The van der Waals surface area contributed by atoms with Gasteiger partial charge < -0.3 is 4.90 Å². The second-order valence-corrected chi connectivity index (χ2v) is 4.30. The Morgan fingerprint density at radius 3 is 2.47 bits per heavy atom. The summed E-state index contributed by atoms with van der Waals surface area (Å²) >= 11 is 0. The molecule has 0 unspecified atom stereocenters. The molecule has 0 saturated carbocycles. The molecule has 2 rings (SSSR count). The van der Waals surface area contributed by atoms with Crippen molar-refractivity contribution in [3.05, 3.63) is 35.9 Å². The minimum absolute atomic E-state index is 0.223. The Morgan fingerprint density at radius 1 is 1.20 bits per heavy atom. The summed E-state index contributed by atoms with van der Waals surface area (Å²) < 4.78 is 0. The number of carbonyl (C=O) groups is 1. The third-order valence-corrected chi connectivity index (χ3v) is 3.37. The van der Waals surface area contributed by atoms with Gasteiger partial charge in [0.15, 0.2) is 0 Å². The van der Waals surface area contributed by atoms with Crippen molar-refractivity contribution in [3.8, 4) is 0 Å². The first-order valence-electron chi connectivity index (χ1n) is 5.54. The van der Waals surface area contributed by atoms with Gasteiger partial charge in [0, 0.05) is 12.6 Å². The van der Waals surface area contributed by atoms with E-state index in [2.05, 4.69) is 19.1 Å². The van der Waals surface area contributed by atoms with Crippen molar-refractivity contribution >= 4 is 5.91 Å². The van der Waals surface area contributed by atoms with Gasteiger partial charge in [-0.3, -0.25) is 4.79 Å². The lowest BCUT2D eigenvalue weighted by atomic mass is 9.90. The van der Waals surface area contributed by atoms with Crippen LogP contribution in [-0.4, -0.2) is 23.4 Å². The van der Waals surface area contributed by atoms with Gasteiger partial charge in [-0.15, -0.1) is 0 Å². The van der Waals surface area contributed by atoms with E-state index in [0.717, 1.165) is 13.0 Å². The molecule has 1 aliphatic heterocycles. The maximum absolute atomic E-state index is 11.5. The summed E-state index contributed by atoms with van der Waals surface area (Å²) in [5.74, 6) is 0.527. The molecule has 2 heteroatoms. The van der Waals surface area contributed by atoms with Crippen molar-refractivity contribution in [2.24, 2.45) is 5.92 Å². The smallest absolute Gasteiger partial charge is 0.227 e. The number of rotatable bonds is 3. The number of hydrogen-bond donors (Lipinski definition) is 0. The molecule has 0 N–H and O–H groups in total. The summed E-state index contributed by atoms with van der Waals surface area (Å²) in [6.07, 6.45) is 0.962. The van der Waals surface area contributed by atoms with Crippen molar-refractivity contribution in [1.29, 1.82) is 0 Å². The standard InChI is InChI=1S/C13H17NO/c1-10-11(2)14(13(10)15)9-8-12-6-4-3-5-7-12/h3-7,10-11H,8-9H2,1-2H3/t10-,11-/m1/s1. The molecule has 1 aromatic rings. The highest BCUT2D eigenvalue weighted by atomic mass is 16.2. The molecule has 0 aromatic heterocycles. The fourth-order valence-electron chi connectivity index (χ4n) is 2.06. The van der Waals surface area contributed by atoms with Crippen LogP contribution in [-0.2, 0) is 11.2 Å². The molecule has 0 radical (unpaired) electrons. The largest absolute Gasteiger partial charge is 0.339 e. The highest BCUT2D eigenvalue weighted by Gasteiger charge is 2.39. The zero-order valence-corrected chi connectivity index (χ0v) is 9.31. The number of likely N-dealkylation sites (tertiary alicyclic amines) is 1. The van der Waals surface area contributed by atoms with Gasteiger partial charge in [-0.25, -0.2) is 0 Å². The molecular weight excluding hydrogens is 186 g/mol. The first-order valence-corrected chi connectivity index (χ1v) is 5.54. The van der Waals surface area contributed by atoms with Gasteiger partial charge in [-0.2, -0.15) is 0 Å². The van der Waals surface area contributed by atoms with Crippen molar-refractivity contribution < 1.29 is 4.79 Å². The Balaban J connectivity index is 1.87. The zero-order chi connectivity index (χ0) is 10.8. The molecule has 1 aliphatic rings. The van der Waals surface area contributed by atoms with Gasteiger partial charge in [0.25, 0.3) is 0 Å². The van der Waals surface area contributed by atoms with Gasteiger partial charge in [-0.05, 0) is 18.9 Å². The van der Waals surface area contributed by atoms with E-state index in [9.17, 15) is 4.79 Å². The van der Waals surface area contributed by atoms with E-state index < -0.39 is 0 Å². The van der Waals surface area contributed by atoms with Crippen LogP contribution in [0.4, 0.5) is 0 Å². The zero-order valence-electron chi connectivity index (χ0n) is 9.31. The van der Waals surface area contributed by atoms with E-state index in [0.29, 0.717) is 11.9 Å². The molecule has 1 saturated heterocycles. The van der Waals surface area contributed by atoms with Crippen LogP contribution in [0.2, 0.25) is 0 Å². The molecule has 0 bridgehead atoms. The first-order chi connectivity index (χ1) is 7.20. The molecular formula is C13H17NO. The van der Waals surface area contributed by atoms with E-state index in [4.69, 9.17) is 0 Å². The summed E-state index contributed by atoms with van der Waals surface area (Å²) in [6.45, 7) is 4.98. The molecule has 15 heavy (non-hydrogen) atoms. The van der Waals surface area contributed by atoms with Gasteiger partial charge in [0.1, 0.15) is 0 Å². The molecule has 1 aromatic carbocycles. The van der Waals surface area contributed by atoms with Gasteiger partial charge in [-0.1, -0.05) is 37.3 Å². The summed E-state index contributed by atoms with van der Waals surface area (Å²) in [6, 6.07) is 10.7. The molecule has 0 aliphatic carbocycles. The Hall–Kier alpha value is -1.31. The van der Waals surface area contributed by atoms with Crippen molar-refractivity contribution in [2.75, 3.05) is 6.54 Å². The highest BCUT2D eigenvalue weighted by Crippen LogP contribution is 2.25. The third kappa shape index (κ3) is 1.89. The van der Waals surface area contributed by atoms with E-state index in [1.54, 1.807) is 0 Å². The van der Waals surface area contributed by atoms with Crippen molar-refractivity contribution in [3.63, 3.8) is 0 Å². The molecule has 1 amide bonds. The summed E-state index contributed by atoms with van der Waals surface area (Å²) in [5.41, 5.74) is 1.30. The van der Waals surface area contributed by atoms with E-state index in [-0.39, 0.29) is 5.92 Å². The van der Waals surface area contributed by atoms with Crippen molar-refractivity contribution in [1.82, 2.24) is 4.90 Å². The lowest BCUT2D eigenvalue weighted by Crippen LogP contribution is -2.58. The average molecular weight is 203 g/mol. The van der Waals surface area contributed by atoms with Crippen molar-refractivity contribution in [2.45, 2.75) is 26.3 Å². The van der Waals surface area contributed by atoms with Gasteiger partial charge in [0.2, 0.25) is 5.91 Å². The van der Waals surface area contributed by atoms with E-state index in [1.165, 1.54) is 5.56 Å². The van der Waals surface area contributed by atoms with Crippen LogP contribution >= 0.6 is 0 Å². The predicted octanol–water partition coefficient (Wildman–Crippen LogP) is 2.10. The lowest BCUT2D eigenvalue weighted by Gasteiger charge is -2.44. The first kappa shape index (κ1) is 10.2. The monoisotopic (exact) mass is 203 g/mol. The normalized spacial score (nSPS) is 25.2. The van der Waals surface area contributed by atoms with Crippen LogP contribution in [0.15, 0.2) is 30.3 Å². The maximum Gasteiger partial charge on any atom is 0.227 e. The summed E-state index contributed by atoms with van der Waals surface area (Å²) in [5, 5.41) is 0. The SMILES string of the molecule is C[C@@H]1[C@@H](C)C(=O)N1CCc1ccccc1. The number of benzene rings is 1. The van der Waals surface area contributed by atoms with Crippen LogP contribution in [0.1, 0.15) is 19.4 Å². The predicted molar refractivity (Wildman–Crippen MR) is 60.5 cm³/mol. The van der Waals surface area contributed by atoms with E-state index >= 15 is 0 Å². The van der Waals surface area contributed by atoms with Gasteiger partial charge >= 0.3 is 0 Å². The number of β-lactam (4-membered cyclic amide) rings is 1. The minimum atomic E-state index is 0.223. The summed E-state index contributed by atoms with van der Waals surface area (Å²) in [4.78, 5) is 13.5. The quantitative estimate of drug-likeness (QED) is 0.689. The van der Waals surface area contributed by atoms with Crippen LogP contribution in [0.5, 0.6) is 0 Å². The second kappa shape index (κ2) is 4.05. The lowest BCUT2D eigenvalue weighted by molar-refractivity contribution is -0.153. The van der Waals surface area contributed by atoms with Crippen LogP contribution in [0.25, 0.3) is 0 Å². The third-order valence-electron chi connectivity index (χ3n) is 3.37. The van der Waals surface area contributed by atoms with Crippen LogP contribution < -0.4 is 0 Å². The van der Waals surface area contributed by atoms with Crippen LogP contribution in [0.3, 0.4) is 0 Å². The summed E-state index contributed by atoms with van der Waals surface area (Å²) in [7, 11) is 0. The maximum atomic E-state index is 11.5.